The largest absolute Gasteiger partial charge is 0.377 e. The number of rotatable bonds is 5. The molecule has 0 radical (unpaired) electrons. The zero-order valence-electron chi connectivity index (χ0n) is 19.8. The number of benzene rings is 3. The van der Waals surface area contributed by atoms with Gasteiger partial charge in [-0.05, 0) is 47.2 Å². The van der Waals surface area contributed by atoms with E-state index in [0.717, 1.165) is 11.1 Å². The van der Waals surface area contributed by atoms with Gasteiger partial charge in [0.05, 0.1) is 4.90 Å². The molecule has 0 aromatic heterocycles. The molecule has 0 saturated heterocycles. The Morgan fingerprint density at radius 1 is 1.00 bits per heavy atom. The van der Waals surface area contributed by atoms with Crippen molar-refractivity contribution in [3.63, 3.8) is 0 Å². The lowest BCUT2D eigenvalue weighted by Crippen LogP contribution is -2.19. The lowest BCUT2D eigenvalue weighted by atomic mass is 9.92. The van der Waals surface area contributed by atoms with Crippen molar-refractivity contribution >= 4 is 38.1 Å². The van der Waals surface area contributed by atoms with Crippen LogP contribution >= 0.6 is 0 Å². The van der Waals surface area contributed by atoms with Gasteiger partial charge in [0.25, 0.3) is 0 Å². The number of nitrogens with zero attached hydrogens (tertiary/aromatic N) is 2. The number of fused-ring (bicyclic) bond motifs is 1. The Labute approximate surface area is 195 Å². The number of carbonyl (C=O) groups excluding carboxylic acids is 1. The van der Waals surface area contributed by atoms with Gasteiger partial charge in [0.1, 0.15) is 15.7 Å². The van der Waals surface area contributed by atoms with Crippen molar-refractivity contribution in [1.29, 1.82) is 0 Å². The minimum atomic E-state index is -3.55. The average molecular weight is 471 g/mol. The van der Waals surface area contributed by atoms with Crippen LogP contribution in [0, 0.1) is 5.82 Å². The zero-order valence-corrected chi connectivity index (χ0v) is 20.7. The molecule has 176 valence electrons. The standard InChI is InChI=1S/C25H31FN4O2S/c1-15(2)20-13-17(26)14-21(16(3)4)24(20)28-25(31)29-33(27,32)23-12-8-9-18-19(23)10-7-11-22(18)30(5)6/h7-16H,1-6H3,(H3,27,28,29,31,32). The molecule has 2 amide bonds. The minimum Gasteiger partial charge on any atom is -0.377 e. The molecule has 0 spiro atoms. The minimum absolute atomic E-state index is 0.0433. The van der Waals surface area contributed by atoms with E-state index in [4.69, 9.17) is 5.14 Å². The average Bonchev–Trinajstić information content (AvgIpc) is 2.72. The summed E-state index contributed by atoms with van der Waals surface area (Å²) >= 11 is 0. The molecule has 3 rings (SSSR count). The van der Waals surface area contributed by atoms with Crippen LogP contribution in [0.1, 0.15) is 50.7 Å². The van der Waals surface area contributed by atoms with E-state index >= 15 is 0 Å². The van der Waals surface area contributed by atoms with Crippen LogP contribution in [0.2, 0.25) is 0 Å². The van der Waals surface area contributed by atoms with Gasteiger partial charge in [-0.15, -0.1) is 4.36 Å². The van der Waals surface area contributed by atoms with Crippen LogP contribution in [0.4, 0.5) is 20.6 Å². The van der Waals surface area contributed by atoms with Crippen LogP contribution in [0.25, 0.3) is 10.8 Å². The van der Waals surface area contributed by atoms with E-state index in [0.29, 0.717) is 22.2 Å². The first kappa shape index (κ1) is 24.7. The fourth-order valence-electron chi connectivity index (χ4n) is 3.92. The van der Waals surface area contributed by atoms with Crippen molar-refractivity contribution in [2.75, 3.05) is 24.3 Å². The van der Waals surface area contributed by atoms with Gasteiger partial charge in [0.15, 0.2) is 0 Å². The van der Waals surface area contributed by atoms with E-state index in [1.807, 2.05) is 71.0 Å². The number of nitrogens with two attached hydrogens (primary N) is 1. The molecule has 0 fully saturated rings. The first-order valence-corrected chi connectivity index (χ1v) is 12.4. The highest BCUT2D eigenvalue weighted by Crippen LogP contribution is 2.34. The predicted octanol–water partition coefficient (Wildman–Crippen LogP) is 6.22. The molecule has 3 aromatic rings. The summed E-state index contributed by atoms with van der Waals surface area (Å²) < 4.78 is 31.5. The summed E-state index contributed by atoms with van der Waals surface area (Å²) in [7, 11) is 0.281. The van der Waals surface area contributed by atoms with Gasteiger partial charge >= 0.3 is 6.03 Å². The second kappa shape index (κ2) is 9.49. The van der Waals surface area contributed by atoms with Crippen molar-refractivity contribution in [3.8, 4) is 0 Å². The smallest absolute Gasteiger partial charge is 0.354 e. The van der Waals surface area contributed by atoms with Crippen molar-refractivity contribution in [2.24, 2.45) is 9.50 Å². The number of halogens is 1. The van der Waals surface area contributed by atoms with Crippen molar-refractivity contribution in [3.05, 3.63) is 65.5 Å². The summed E-state index contributed by atoms with van der Waals surface area (Å²) in [5.74, 6) is -0.455. The first-order chi connectivity index (χ1) is 15.4. The van der Waals surface area contributed by atoms with Crippen LogP contribution in [0.5, 0.6) is 0 Å². The molecule has 1 atom stereocenters. The Kier molecular flexibility index (Phi) is 7.09. The Morgan fingerprint density at radius 2 is 1.55 bits per heavy atom. The lowest BCUT2D eigenvalue weighted by molar-refractivity contribution is 0.260. The Hall–Kier alpha value is -2.97. The maximum Gasteiger partial charge on any atom is 0.354 e. The highest BCUT2D eigenvalue weighted by Gasteiger charge is 2.20. The number of urea groups is 1. The number of anilines is 2. The number of hydrogen-bond acceptors (Lipinski definition) is 3. The third-order valence-electron chi connectivity index (χ3n) is 5.51. The molecular weight excluding hydrogens is 439 g/mol. The highest BCUT2D eigenvalue weighted by molar-refractivity contribution is 7.92. The Balaban J connectivity index is 2.10. The summed E-state index contributed by atoms with van der Waals surface area (Å²) in [4.78, 5) is 15.1. The Bertz CT molecular complexity index is 1300. The fourth-order valence-corrected chi connectivity index (χ4v) is 5.07. The highest BCUT2D eigenvalue weighted by atomic mass is 32.2. The van der Waals surface area contributed by atoms with Gasteiger partial charge < -0.3 is 10.2 Å². The molecule has 0 saturated carbocycles. The number of carbonyl (C=O) groups is 1. The molecule has 0 aliphatic rings. The molecule has 3 N–H and O–H groups in total. The maximum atomic E-state index is 14.2. The number of hydrogen-bond donors (Lipinski definition) is 2. The van der Waals surface area contributed by atoms with E-state index < -0.39 is 15.9 Å². The van der Waals surface area contributed by atoms with E-state index in [1.165, 1.54) is 12.1 Å². The topological polar surface area (TPSA) is 87.8 Å². The Morgan fingerprint density at radius 3 is 2.09 bits per heavy atom. The summed E-state index contributed by atoms with van der Waals surface area (Å²) in [5, 5.41) is 10.4. The fraction of sp³-hybridized carbons (Fsp3) is 0.320. The van der Waals surface area contributed by atoms with Gasteiger partial charge in [-0.3, -0.25) is 0 Å². The zero-order chi connectivity index (χ0) is 24.5. The van der Waals surface area contributed by atoms with Crippen LogP contribution < -0.4 is 15.4 Å². The molecule has 8 heteroatoms. The van der Waals surface area contributed by atoms with Crippen molar-refractivity contribution in [2.45, 2.75) is 44.4 Å². The van der Waals surface area contributed by atoms with E-state index in [9.17, 15) is 13.4 Å². The molecule has 0 bridgehead atoms. The molecule has 1 unspecified atom stereocenters. The molecular formula is C25H31FN4O2S. The second-order valence-electron chi connectivity index (χ2n) is 8.88. The normalized spacial score (nSPS) is 13.3. The predicted molar refractivity (Wildman–Crippen MR) is 135 cm³/mol. The molecule has 6 nitrogen and oxygen atoms in total. The third kappa shape index (κ3) is 5.17. The lowest BCUT2D eigenvalue weighted by Gasteiger charge is -2.20. The van der Waals surface area contributed by atoms with Crippen LogP contribution in [0.15, 0.2) is 57.8 Å². The summed E-state index contributed by atoms with van der Waals surface area (Å²) in [6.07, 6.45) is 0. The quantitative estimate of drug-likeness (QED) is 0.464. The molecule has 3 aromatic carbocycles. The summed E-state index contributed by atoms with van der Waals surface area (Å²) in [6.45, 7) is 7.65. The molecule has 33 heavy (non-hydrogen) atoms. The van der Waals surface area contributed by atoms with Gasteiger partial charge in [-0.1, -0.05) is 52.0 Å². The van der Waals surface area contributed by atoms with Crippen LogP contribution in [-0.4, -0.2) is 24.3 Å². The molecule has 0 aliphatic carbocycles. The monoisotopic (exact) mass is 470 g/mol. The van der Waals surface area contributed by atoms with Crippen LogP contribution in [0.3, 0.4) is 0 Å². The van der Waals surface area contributed by atoms with Gasteiger partial charge in [-0.2, -0.15) is 0 Å². The summed E-state index contributed by atoms with van der Waals surface area (Å²) in [5.41, 5.74) is 2.71. The van der Waals surface area contributed by atoms with Crippen molar-refractivity contribution in [1.82, 2.24) is 0 Å². The van der Waals surface area contributed by atoms with Gasteiger partial charge in [0.2, 0.25) is 0 Å². The molecule has 0 aliphatic heterocycles. The second-order valence-corrected chi connectivity index (χ2v) is 10.6. The molecule has 0 heterocycles. The van der Waals surface area contributed by atoms with Crippen molar-refractivity contribution < 1.29 is 13.4 Å². The van der Waals surface area contributed by atoms with E-state index in [2.05, 4.69) is 9.68 Å². The van der Waals surface area contributed by atoms with E-state index in [1.54, 1.807) is 12.1 Å². The number of nitrogens with one attached hydrogen (secondary N) is 1. The van der Waals surface area contributed by atoms with Gasteiger partial charge in [-0.25, -0.2) is 18.5 Å². The first-order valence-electron chi connectivity index (χ1n) is 10.8. The number of amides is 2. The third-order valence-corrected chi connectivity index (χ3v) is 6.94. The summed E-state index contributed by atoms with van der Waals surface area (Å²) in [6, 6.07) is 12.9. The van der Waals surface area contributed by atoms with Crippen LogP contribution in [-0.2, 0) is 9.92 Å². The van der Waals surface area contributed by atoms with Gasteiger partial charge in [0, 0.05) is 36.2 Å². The van der Waals surface area contributed by atoms with E-state index in [-0.39, 0.29) is 22.5 Å². The SMILES string of the molecule is CC(C)c1cc(F)cc(C(C)C)c1NC(=O)N=S(N)(=O)c1cccc2c(N(C)C)cccc12. The maximum absolute atomic E-state index is 14.2.